The maximum Gasteiger partial charge on any atom is 0.294 e. The zero-order chi connectivity index (χ0) is 23.7. The van der Waals surface area contributed by atoms with Gasteiger partial charge in [-0.05, 0) is 66.7 Å². The fraction of sp³-hybridized carbons (Fsp3) is 0.0870. The highest BCUT2D eigenvalue weighted by Gasteiger charge is 2.36. The highest BCUT2D eigenvalue weighted by molar-refractivity contribution is 8.18. The lowest BCUT2D eigenvalue weighted by atomic mass is 10.2. The molecule has 1 aromatic heterocycles. The summed E-state index contributed by atoms with van der Waals surface area (Å²) in [6.45, 7) is 1.39. The molecule has 0 unspecified atom stereocenters. The van der Waals surface area contributed by atoms with Crippen LogP contribution in [0.25, 0.3) is 17.4 Å². The van der Waals surface area contributed by atoms with Crippen LogP contribution in [0.15, 0.2) is 57.9 Å². The quantitative estimate of drug-likeness (QED) is 0.370. The van der Waals surface area contributed by atoms with Crippen molar-refractivity contribution < 1.29 is 18.8 Å². The summed E-state index contributed by atoms with van der Waals surface area (Å²) in [5.41, 5.74) is 1.96. The van der Waals surface area contributed by atoms with Gasteiger partial charge in [-0.3, -0.25) is 19.3 Å². The Bertz CT molecular complexity index is 1320. The summed E-state index contributed by atoms with van der Waals surface area (Å²) in [6.07, 6.45) is 1.46. The summed E-state index contributed by atoms with van der Waals surface area (Å²) in [4.78, 5) is 38.6. The van der Waals surface area contributed by atoms with Crippen LogP contribution in [-0.4, -0.2) is 28.5 Å². The number of imide groups is 1. The zero-order valence-electron chi connectivity index (χ0n) is 17.0. The van der Waals surface area contributed by atoms with E-state index in [0.29, 0.717) is 37.8 Å². The van der Waals surface area contributed by atoms with Gasteiger partial charge in [0.1, 0.15) is 18.1 Å². The predicted molar refractivity (Wildman–Crippen MR) is 132 cm³/mol. The molecule has 0 bridgehead atoms. The molecular formula is C23H15Cl3N2O4S. The first-order valence-corrected chi connectivity index (χ1v) is 11.5. The van der Waals surface area contributed by atoms with Gasteiger partial charge in [-0.15, -0.1) is 0 Å². The lowest BCUT2D eigenvalue weighted by Gasteiger charge is -2.13. The Balaban J connectivity index is 1.47. The molecule has 10 heteroatoms. The van der Waals surface area contributed by atoms with Crippen LogP contribution in [0.2, 0.25) is 15.1 Å². The van der Waals surface area contributed by atoms with Gasteiger partial charge in [0.05, 0.1) is 9.93 Å². The monoisotopic (exact) mass is 520 g/mol. The molecule has 1 aliphatic heterocycles. The van der Waals surface area contributed by atoms with Crippen molar-refractivity contribution in [2.45, 2.75) is 6.92 Å². The van der Waals surface area contributed by atoms with E-state index in [2.05, 4.69) is 5.32 Å². The average Bonchev–Trinajstić information content (AvgIpc) is 3.31. The van der Waals surface area contributed by atoms with Gasteiger partial charge in [0.15, 0.2) is 0 Å². The van der Waals surface area contributed by atoms with Gasteiger partial charge in [-0.25, -0.2) is 0 Å². The van der Waals surface area contributed by atoms with E-state index in [9.17, 15) is 14.4 Å². The highest BCUT2D eigenvalue weighted by atomic mass is 35.5. The van der Waals surface area contributed by atoms with E-state index in [1.165, 1.54) is 6.08 Å². The SMILES string of the molecule is Cc1ccc(Cl)cc1NC(=O)CN1C(=O)S/C(=C/c2ccc(-c3ccc(Cl)cc3Cl)o2)C1=O. The lowest BCUT2D eigenvalue weighted by molar-refractivity contribution is -0.127. The minimum Gasteiger partial charge on any atom is -0.457 e. The van der Waals surface area contributed by atoms with Gasteiger partial charge in [-0.2, -0.15) is 0 Å². The Morgan fingerprint density at radius 2 is 1.79 bits per heavy atom. The molecule has 3 aromatic rings. The maximum atomic E-state index is 12.7. The molecular weight excluding hydrogens is 507 g/mol. The molecule has 0 spiro atoms. The minimum absolute atomic E-state index is 0.148. The van der Waals surface area contributed by atoms with Gasteiger partial charge in [0.2, 0.25) is 5.91 Å². The van der Waals surface area contributed by atoms with Gasteiger partial charge < -0.3 is 9.73 Å². The molecule has 2 aromatic carbocycles. The number of nitrogens with one attached hydrogen (secondary N) is 1. The molecule has 168 valence electrons. The number of furan rings is 1. The number of anilines is 1. The van der Waals surface area contributed by atoms with Gasteiger partial charge in [0, 0.05) is 27.4 Å². The molecule has 1 N–H and O–H groups in total. The standard InChI is InChI=1S/C23H15Cl3N2O4S/c1-12-2-3-14(25)9-18(12)27-21(29)11-28-22(30)20(33-23(28)31)10-15-5-7-19(32-15)16-6-4-13(24)8-17(16)26/h2-10H,11H2,1H3,(H,27,29)/b20-10+. The number of nitrogens with zero attached hydrogens (tertiary/aromatic N) is 1. The van der Waals surface area contributed by atoms with E-state index >= 15 is 0 Å². The first-order chi connectivity index (χ1) is 15.7. The van der Waals surface area contributed by atoms with Crippen LogP contribution in [0.3, 0.4) is 0 Å². The van der Waals surface area contributed by atoms with Crippen molar-refractivity contribution in [3.8, 4) is 11.3 Å². The Morgan fingerprint density at radius 3 is 2.55 bits per heavy atom. The van der Waals surface area contributed by atoms with Crippen molar-refractivity contribution in [1.82, 2.24) is 4.90 Å². The molecule has 33 heavy (non-hydrogen) atoms. The summed E-state index contributed by atoms with van der Waals surface area (Å²) in [5, 5.41) is 3.51. The second kappa shape index (κ2) is 9.65. The Labute approximate surface area is 208 Å². The van der Waals surface area contributed by atoms with Crippen LogP contribution in [-0.2, 0) is 9.59 Å². The zero-order valence-corrected chi connectivity index (χ0v) is 20.1. The van der Waals surface area contributed by atoms with Crippen molar-refractivity contribution >= 4 is 75.4 Å². The molecule has 0 atom stereocenters. The maximum absolute atomic E-state index is 12.7. The van der Waals surface area contributed by atoms with Crippen LogP contribution >= 0.6 is 46.6 Å². The third kappa shape index (κ3) is 5.28. The van der Waals surface area contributed by atoms with Gasteiger partial charge >= 0.3 is 0 Å². The van der Waals surface area contributed by atoms with E-state index in [4.69, 9.17) is 39.2 Å². The molecule has 1 saturated heterocycles. The molecule has 1 aliphatic rings. The lowest BCUT2D eigenvalue weighted by Crippen LogP contribution is -2.36. The van der Waals surface area contributed by atoms with Crippen molar-refractivity contribution in [2.75, 3.05) is 11.9 Å². The second-order valence-corrected chi connectivity index (χ2v) is 9.37. The number of benzene rings is 2. The summed E-state index contributed by atoms with van der Waals surface area (Å²) in [5.74, 6) is -0.244. The van der Waals surface area contributed by atoms with Crippen molar-refractivity contribution in [1.29, 1.82) is 0 Å². The van der Waals surface area contributed by atoms with E-state index in [0.717, 1.165) is 22.2 Å². The molecule has 1 fully saturated rings. The van der Waals surface area contributed by atoms with Gasteiger partial charge in [0.25, 0.3) is 11.1 Å². The molecule has 3 amide bonds. The Kier molecular flexibility index (Phi) is 6.86. The molecule has 2 heterocycles. The Hall–Kier alpha value is -2.71. The average molecular weight is 522 g/mol. The number of aryl methyl sites for hydroxylation is 1. The van der Waals surface area contributed by atoms with E-state index in [1.54, 1.807) is 48.5 Å². The number of hydrogen-bond acceptors (Lipinski definition) is 5. The predicted octanol–water partition coefficient (Wildman–Crippen LogP) is 6.89. The van der Waals surface area contributed by atoms with E-state index < -0.39 is 23.6 Å². The topological polar surface area (TPSA) is 79.6 Å². The number of hydrogen-bond donors (Lipinski definition) is 1. The van der Waals surface area contributed by atoms with Crippen molar-refractivity contribution in [3.05, 3.63) is 79.8 Å². The first kappa shape index (κ1) is 23.4. The number of thioether (sulfide) groups is 1. The van der Waals surface area contributed by atoms with Crippen LogP contribution in [0.5, 0.6) is 0 Å². The number of carbonyl (C=O) groups excluding carboxylic acids is 3. The van der Waals surface area contributed by atoms with Crippen LogP contribution in [0.4, 0.5) is 10.5 Å². The van der Waals surface area contributed by atoms with E-state index in [1.807, 2.05) is 6.92 Å². The largest absolute Gasteiger partial charge is 0.457 e. The normalized spacial score (nSPS) is 14.9. The van der Waals surface area contributed by atoms with Gasteiger partial charge in [-0.1, -0.05) is 40.9 Å². The highest BCUT2D eigenvalue weighted by Crippen LogP contribution is 2.35. The van der Waals surface area contributed by atoms with Crippen molar-refractivity contribution in [2.24, 2.45) is 0 Å². The van der Waals surface area contributed by atoms with E-state index in [-0.39, 0.29) is 4.91 Å². The number of rotatable bonds is 5. The summed E-state index contributed by atoms with van der Waals surface area (Å²) in [7, 11) is 0. The Morgan fingerprint density at radius 1 is 1.06 bits per heavy atom. The molecule has 0 saturated carbocycles. The van der Waals surface area contributed by atoms with Crippen molar-refractivity contribution in [3.63, 3.8) is 0 Å². The van der Waals surface area contributed by atoms with Crippen LogP contribution in [0, 0.1) is 6.92 Å². The summed E-state index contributed by atoms with van der Waals surface area (Å²) >= 11 is 18.8. The fourth-order valence-corrected chi connectivity index (χ4v) is 4.58. The number of halogens is 3. The summed E-state index contributed by atoms with van der Waals surface area (Å²) in [6, 6.07) is 13.4. The number of amides is 3. The van der Waals surface area contributed by atoms with Crippen LogP contribution < -0.4 is 5.32 Å². The second-order valence-electron chi connectivity index (χ2n) is 7.10. The molecule has 0 aliphatic carbocycles. The fourth-order valence-electron chi connectivity index (χ4n) is 3.09. The van der Waals surface area contributed by atoms with Crippen LogP contribution in [0.1, 0.15) is 11.3 Å². The number of carbonyl (C=O) groups is 3. The third-order valence-electron chi connectivity index (χ3n) is 4.75. The smallest absolute Gasteiger partial charge is 0.294 e. The first-order valence-electron chi connectivity index (χ1n) is 9.58. The minimum atomic E-state index is -0.578. The molecule has 6 nitrogen and oxygen atoms in total. The summed E-state index contributed by atoms with van der Waals surface area (Å²) < 4.78 is 5.76. The third-order valence-corrected chi connectivity index (χ3v) is 6.44. The molecule has 0 radical (unpaired) electrons. The molecule has 4 rings (SSSR count).